The molecule has 0 spiro atoms. The highest BCUT2D eigenvalue weighted by Gasteiger charge is 2.13. The van der Waals surface area contributed by atoms with Crippen molar-refractivity contribution in [2.45, 2.75) is 13.8 Å². The zero-order valence-electron chi connectivity index (χ0n) is 12.5. The summed E-state index contributed by atoms with van der Waals surface area (Å²) in [6.07, 6.45) is 0. The van der Waals surface area contributed by atoms with Crippen molar-refractivity contribution in [3.05, 3.63) is 65.7 Å². The number of benzene rings is 2. The molecular weight excluding hydrogens is 278 g/mol. The van der Waals surface area contributed by atoms with Crippen molar-refractivity contribution in [2.75, 3.05) is 5.32 Å². The van der Waals surface area contributed by atoms with Gasteiger partial charge in [-0.05, 0) is 31.5 Å². The monoisotopic (exact) mass is 295 g/mol. The first-order chi connectivity index (χ1) is 10.6. The SMILES string of the molecule is C/C(=N/NC(=O)C(=O)Nc1ccc(C)cc1)c1ccccc1. The smallest absolute Gasteiger partial charge is 0.318 e. The van der Waals surface area contributed by atoms with Crippen molar-refractivity contribution >= 4 is 23.2 Å². The van der Waals surface area contributed by atoms with Crippen LogP contribution in [0.5, 0.6) is 0 Å². The molecule has 112 valence electrons. The van der Waals surface area contributed by atoms with Gasteiger partial charge < -0.3 is 5.32 Å². The average molecular weight is 295 g/mol. The molecule has 0 aliphatic heterocycles. The highest BCUT2D eigenvalue weighted by Crippen LogP contribution is 2.08. The first-order valence-electron chi connectivity index (χ1n) is 6.84. The van der Waals surface area contributed by atoms with Crippen molar-refractivity contribution in [2.24, 2.45) is 5.10 Å². The zero-order chi connectivity index (χ0) is 15.9. The van der Waals surface area contributed by atoms with Gasteiger partial charge in [-0.25, -0.2) is 5.43 Å². The maximum atomic E-state index is 11.8. The molecular formula is C17H17N3O2. The summed E-state index contributed by atoms with van der Waals surface area (Å²) in [4.78, 5) is 23.5. The molecule has 0 aliphatic carbocycles. The number of nitrogens with zero attached hydrogens (tertiary/aromatic N) is 1. The molecule has 22 heavy (non-hydrogen) atoms. The van der Waals surface area contributed by atoms with E-state index in [1.54, 1.807) is 19.1 Å². The van der Waals surface area contributed by atoms with Crippen LogP contribution in [-0.4, -0.2) is 17.5 Å². The largest absolute Gasteiger partial charge is 0.329 e. The highest BCUT2D eigenvalue weighted by molar-refractivity contribution is 6.39. The van der Waals surface area contributed by atoms with Gasteiger partial charge in [0.15, 0.2) is 0 Å². The molecule has 0 radical (unpaired) electrons. The summed E-state index contributed by atoms with van der Waals surface area (Å²) in [5, 5.41) is 6.44. The van der Waals surface area contributed by atoms with Gasteiger partial charge in [-0.2, -0.15) is 5.10 Å². The predicted molar refractivity (Wildman–Crippen MR) is 86.6 cm³/mol. The van der Waals surface area contributed by atoms with Crippen molar-refractivity contribution in [3.63, 3.8) is 0 Å². The fourth-order valence-corrected chi connectivity index (χ4v) is 1.75. The molecule has 0 unspecified atom stereocenters. The third kappa shape index (κ3) is 4.28. The summed E-state index contributed by atoms with van der Waals surface area (Å²) in [7, 11) is 0. The number of carbonyl (C=O) groups excluding carboxylic acids is 2. The van der Waals surface area contributed by atoms with E-state index in [2.05, 4.69) is 15.8 Å². The minimum absolute atomic E-state index is 0.564. The Hall–Kier alpha value is -2.95. The lowest BCUT2D eigenvalue weighted by atomic mass is 10.1. The van der Waals surface area contributed by atoms with Crippen LogP contribution in [0.2, 0.25) is 0 Å². The Morgan fingerprint density at radius 3 is 2.18 bits per heavy atom. The molecule has 0 fully saturated rings. The third-order valence-electron chi connectivity index (χ3n) is 3.03. The molecule has 0 atom stereocenters. The quantitative estimate of drug-likeness (QED) is 0.519. The number of hydrogen-bond donors (Lipinski definition) is 2. The fraction of sp³-hybridized carbons (Fsp3) is 0.118. The van der Waals surface area contributed by atoms with Crippen LogP contribution in [0.3, 0.4) is 0 Å². The number of hydrazone groups is 1. The summed E-state index contributed by atoms with van der Waals surface area (Å²) in [6, 6.07) is 16.6. The van der Waals surface area contributed by atoms with Crippen LogP contribution < -0.4 is 10.7 Å². The normalized spacial score (nSPS) is 10.9. The standard InChI is InChI=1S/C17H17N3O2/c1-12-8-10-15(11-9-12)18-16(21)17(22)20-19-13(2)14-6-4-3-5-7-14/h3-11H,1-2H3,(H,18,21)(H,20,22)/b19-13-. The van der Waals surface area contributed by atoms with Crippen LogP contribution in [0.4, 0.5) is 5.69 Å². The van der Waals surface area contributed by atoms with Crippen LogP contribution >= 0.6 is 0 Å². The number of nitrogens with one attached hydrogen (secondary N) is 2. The number of anilines is 1. The van der Waals surface area contributed by atoms with E-state index >= 15 is 0 Å². The van der Waals surface area contributed by atoms with Gasteiger partial charge in [0.2, 0.25) is 0 Å². The van der Waals surface area contributed by atoms with Crippen LogP contribution in [0, 0.1) is 6.92 Å². The molecule has 0 aromatic heterocycles. The Bertz CT molecular complexity index is 692. The maximum Gasteiger partial charge on any atom is 0.329 e. The molecule has 2 aromatic carbocycles. The van der Waals surface area contributed by atoms with Gasteiger partial charge >= 0.3 is 11.8 Å². The Labute approximate surface area is 129 Å². The van der Waals surface area contributed by atoms with Crippen LogP contribution in [0.15, 0.2) is 59.7 Å². The number of amides is 2. The van der Waals surface area contributed by atoms with Crippen LogP contribution in [0.25, 0.3) is 0 Å². The van der Waals surface area contributed by atoms with Gasteiger partial charge in [0.25, 0.3) is 0 Å². The van der Waals surface area contributed by atoms with Gasteiger partial charge in [0, 0.05) is 5.69 Å². The minimum atomic E-state index is -0.809. The minimum Gasteiger partial charge on any atom is -0.318 e. The summed E-state index contributed by atoms with van der Waals surface area (Å²) in [6.45, 7) is 3.70. The van der Waals surface area contributed by atoms with E-state index in [1.807, 2.05) is 49.4 Å². The van der Waals surface area contributed by atoms with E-state index in [0.717, 1.165) is 11.1 Å². The Balaban J connectivity index is 1.94. The number of rotatable bonds is 3. The van der Waals surface area contributed by atoms with Gasteiger partial charge in [0.05, 0.1) is 5.71 Å². The Morgan fingerprint density at radius 1 is 0.909 bits per heavy atom. The lowest BCUT2D eigenvalue weighted by Gasteiger charge is -2.05. The summed E-state index contributed by atoms with van der Waals surface area (Å²) < 4.78 is 0. The molecule has 5 nitrogen and oxygen atoms in total. The molecule has 2 amide bonds. The zero-order valence-corrected chi connectivity index (χ0v) is 12.5. The Morgan fingerprint density at radius 2 is 1.55 bits per heavy atom. The number of carbonyl (C=O) groups is 2. The fourth-order valence-electron chi connectivity index (χ4n) is 1.75. The van der Waals surface area contributed by atoms with E-state index in [4.69, 9.17) is 0 Å². The second-order valence-corrected chi connectivity index (χ2v) is 4.82. The molecule has 0 bridgehead atoms. The summed E-state index contributed by atoms with van der Waals surface area (Å²) in [5.41, 5.74) is 5.39. The van der Waals surface area contributed by atoms with Crippen LogP contribution in [-0.2, 0) is 9.59 Å². The summed E-state index contributed by atoms with van der Waals surface area (Å²) >= 11 is 0. The molecule has 0 saturated carbocycles. The van der Waals surface area contributed by atoms with Crippen molar-refractivity contribution in [1.29, 1.82) is 0 Å². The molecule has 0 saturated heterocycles. The van der Waals surface area contributed by atoms with E-state index < -0.39 is 11.8 Å². The topological polar surface area (TPSA) is 70.6 Å². The van der Waals surface area contributed by atoms with Crippen LogP contribution in [0.1, 0.15) is 18.1 Å². The molecule has 2 rings (SSSR count). The van der Waals surface area contributed by atoms with Crippen molar-refractivity contribution in [3.8, 4) is 0 Å². The predicted octanol–water partition coefficient (Wildman–Crippen LogP) is 2.47. The average Bonchev–Trinajstić information content (AvgIpc) is 2.55. The van der Waals surface area contributed by atoms with Gasteiger partial charge in [-0.15, -0.1) is 0 Å². The van der Waals surface area contributed by atoms with Gasteiger partial charge in [0.1, 0.15) is 0 Å². The molecule has 2 N–H and O–H groups in total. The molecule has 2 aromatic rings. The van der Waals surface area contributed by atoms with Gasteiger partial charge in [-0.3, -0.25) is 9.59 Å². The van der Waals surface area contributed by atoms with E-state index in [9.17, 15) is 9.59 Å². The highest BCUT2D eigenvalue weighted by atomic mass is 16.2. The Kier molecular flexibility index (Phi) is 5.03. The van der Waals surface area contributed by atoms with Gasteiger partial charge in [-0.1, -0.05) is 48.0 Å². The van der Waals surface area contributed by atoms with Crippen molar-refractivity contribution < 1.29 is 9.59 Å². The lowest BCUT2D eigenvalue weighted by molar-refractivity contribution is -0.136. The molecule has 0 aliphatic rings. The van der Waals surface area contributed by atoms with Crippen molar-refractivity contribution in [1.82, 2.24) is 5.43 Å². The van der Waals surface area contributed by atoms with E-state index in [0.29, 0.717) is 11.4 Å². The maximum absolute atomic E-state index is 11.8. The molecule has 5 heteroatoms. The van der Waals surface area contributed by atoms with E-state index in [-0.39, 0.29) is 0 Å². The lowest BCUT2D eigenvalue weighted by Crippen LogP contribution is -2.32. The second kappa shape index (κ2) is 7.17. The summed E-state index contributed by atoms with van der Waals surface area (Å²) in [5.74, 6) is -1.57. The number of aryl methyl sites for hydroxylation is 1. The number of hydrogen-bond acceptors (Lipinski definition) is 3. The first kappa shape index (κ1) is 15.4. The second-order valence-electron chi connectivity index (χ2n) is 4.82. The molecule has 0 heterocycles. The first-order valence-corrected chi connectivity index (χ1v) is 6.84. The third-order valence-corrected chi connectivity index (χ3v) is 3.03. The van der Waals surface area contributed by atoms with E-state index in [1.165, 1.54) is 0 Å².